The van der Waals surface area contributed by atoms with Crippen molar-refractivity contribution in [2.45, 2.75) is 52.4 Å². The Morgan fingerprint density at radius 1 is 0.867 bits per heavy atom. The van der Waals surface area contributed by atoms with Gasteiger partial charge in [-0.2, -0.15) is 0 Å². The molecule has 0 aliphatic rings. The number of phenolic OH excluding ortho intramolecular Hbond substituents is 1. The van der Waals surface area contributed by atoms with Gasteiger partial charge in [-0.25, -0.2) is 0 Å². The Bertz CT molecular complexity index is 979. The number of rotatable bonds is 10. The minimum Gasteiger partial charge on any atom is -0.504 e. The van der Waals surface area contributed by atoms with E-state index in [2.05, 4.69) is 19.1 Å². The Hall–Kier alpha value is -3.01. The molecule has 0 unspecified atom stereocenters. The van der Waals surface area contributed by atoms with Crippen LogP contribution in [0.25, 0.3) is 10.8 Å². The van der Waals surface area contributed by atoms with E-state index in [4.69, 9.17) is 9.47 Å². The fraction of sp³-hybridized carbons (Fsp3) is 0.346. The van der Waals surface area contributed by atoms with Gasteiger partial charge >= 0.3 is 5.97 Å². The highest BCUT2D eigenvalue weighted by Gasteiger charge is 2.16. The van der Waals surface area contributed by atoms with Crippen molar-refractivity contribution >= 4 is 16.7 Å². The first kappa shape index (κ1) is 21.7. The van der Waals surface area contributed by atoms with Crippen molar-refractivity contribution in [2.75, 3.05) is 6.61 Å². The van der Waals surface area contributed by atoms with E-state index in [9.17, 15) is 9.90 Å². The molecular formula is C26H30O4. The average Bonchev–Trinajstić information content (AvgIpc) is 2.75. The summed E-state index contributed by atoms with van der Waals surface area (Å²) in [6.07, 6.45) is 5.23. The molecule has 3 rings (SSSR count). The van der Waals surface area contributed by atoms with E-state index in [1.54, 1.807) is 6.07 Å². The second-order valence-corrected chi connectivity index (χ2v) is 7.48. The van der Waals surface area contributed by atoms with Gasteiger partial charge in [-0.05, 0) is 37.0 Å². The molecule has 3 aromatic carbocycles. The van der Waals surface area contributed by atoms with Crippen molar-refractivity contribution in [3.63, 3.8) is 0 Å². The molecule has 0 aromatic heterocycles. The van der Waals surface area contributed by atoms with Crippen LogP contribution >= 0.6 is 0 Å². The largest absolute Gasteiger partial charge is 0.504 e. The second-order valence-electron chi connectivity index (χ2n) is 7.48. The summed E-state index contributed by atoms with van der Waals surface area (Å²) in [4.78, 5) is 12.4. The van der Waals surface area contributed by atoms with E-state index < -0.39 is 0 Å². The van der Waals surface area contributed by atoms with E-state index in [0.717, 1.165) is 37.7 Å². The molecular weight excluding hydrogens is 376 g/mol. The lowest BCUT2D eigenvalue weighted by Gasteiger charge is -2.14. The number of fused-ring (bicyclic) bond motifs is 1. The Labute approximate surface area is 178 Å². The first-order chi connectivity index (χ1) is 14.6. The highest BCUT2D eigenvalue weighted by molar-refractivity contribution is 5.97. The van der Waals surface area contributed by atoms with E-state index in [0.29, 0.717) is 35.3 Å². The Kier molecular flexibility index (Phi) is 7.72. The number of carbonyl (C=O) groups is 1. The van der Waals surface area contributed by atoms with Gasteiger partial charge in [0.25, 0.3) is 0 Å². The molecule has 30 heavy (non-hydrogen) atoms. The summed E-state index contributed by atoms with van der Waals surface area (Å²) >= 11 is 0. The number of unbranched alkanes of at least 4 members (excludes halogenated alkanes) is 3. The zero-order valence-electron chi connectivity index (χ0n) is 17.8. The lowest BCUT2D eigenvalue weighted by atomic mass is 10.00. The van der Waals surface area contributed by atoms with Crippen LogP contribution in [0.5, 0.6) is 17.2 Å². The van der Waals surface area contributed by atoms with Gasteiger partial charge in [0.1, 0.15) is 5.75 Å². The van der Waals surface area contributed by atoms with Crippen molar-refractivity contribution in [3.05, 3.63) is 65.7 Å². The van der Waals surface area contributed by atoms with Gasteiger partial charge in [-0.15, -0.1) is 0 Å². The molecule has 158 valence electrons. The van der Waals surface area contributed by atoms with Crippen molar-refractivity contribution < 1.29 is 19.4 Å². The maximum Gasteiger partial charge on any atom is 0.311 e. The maximum atomic E-state index is 12.4. The Balaban J connectivity index is 1.91. The monoisotopic (exact) mass is 406 g/mol. The maximum absolute atomic E-state index is 12.4. The third-order valence-electron chi connectivity index (χ3n) is 5.11. The van der Waals surface area contributed by atoms with E-state index in [-0.39, 0.29) is 11.7 Å². The summed E-state index contributed by atoms with van der Waals surface area (Å²) in [5.41, 5.74) is 2.28. The highest BCUT2D eigenvalue weighted by atomic mass is 16.5. The molecule has 1 N–H and O–H groups in total. The fourth-order valence-corrected chi connectivity index (χ4v) is 3.56. The van der Waals surface area contributed by atoms with Crippen molar-refractivity contribution in [1.29, 1.82) is 0 Å². The van der Waals surface area contributed by atoms with Gasteiger partial charge in [0.15, 0.2) is 11.5 Å². The molecule has 0 aliphatic heterocycles. The van der Waals surface area contributed by atoms with Crippen molar-refractivity contribution in [2.24, 2.45) is 0 Å². The van der Waals surface area contributed by atoms with Crippen LogP contribution < -0.4 is 9.47 Å². The summed E-state index contributed by atoms with van der Waals surface area (Å²) in [5.74, 6) is 0.575. The van der Waals surface area contributed by atoms with Crippen molar-refractivity contribution in [3.8, 4) is 17.2 Å². The topological polar surface area (TPSA) is 55.8 Å². The fourth-order valence-electron chi connectivity index (χ4n) is 3.56. The van der Waals surface area contributed by atoms with Crippen LogP contribution in [0.15, 0.2) is 54.6 Å². The number of esters is 1. The summed E-state index contributed by atoms with van der Waals surface area (Å²) in [7, 11) is 0. The number of benzene rings is 3. The third kappa shape index (κ3) is 5.53. The third-order valence-corrected chi connectivity index (χ3v) is 5.11. The van der Waals surface area contributed by atoms with E-state index in [1.165, 1.54) is 5.56 Å². The van der Waals surface area contributed by atoms with E-state index >= 15 is 0 Å². The van der Waals surface area contributed by atoms with Crippen LogP contribution in [0.1, 0.15) is 57.1 Å². The lowest BCUT2D eigenvalue weighted by Crippen LogP contribution is -2.08. The normalized spacial score (nSPS) is 10.9. The lowest BCUT2D eigenvalue weighted by molar-refractivity contribution is -0.134. The zero-order chi connectivity index (χ0) is 21.3. The summed E-state index contributed by atoms with van der Waals surface area (Å²) < 4.78 is 11.3. The number of carbonyl (C=O) groups excluding carboxylic acids is 1. The van der Waals surface area contributed by atoms with Crippen LogP contribution in [0.4, 0.5) is 0 Å². The molecule has 3 aromatic rings. The number of aromatic hydroxyl groups is 1. The van der Waals surface area contributed by atoms with Gasteiger partial charge in [-0.1, -0.05) is 68.7 Å². The van der Waals surface area contributed by atoms with Crippen LogP contribution in [0.3, 0.4) is 0 Å². The van der Waals surface area contributed by atoms with Crippen molar-refractivity contribution in [1.82, 2.24) is 0 Å². The van der Waals surface area contributed by atoms with Gasteiger partial charge in [0.2, 0.25) is 0 Å². The Morgan fingerprint density at radius 3 is 2.40 bits per heavy atom. The van der Waals surface area contributed by atoms with Crippen LogP contribution in [0.2, 0.25) is 0 Å². The molecule has 0 aliphatic carbocycles. The van der Waals surface area contributed by atoms with Crippen LogP contribution in [-0.2, 0) is 11.2 Å². The number of hydrogen-bond donors (Lipinski definition) is 1. The summed E-state index contributed by atoms with van der Waals surface area (Å²) in [5, 5.41) is 12.0. The molecule has 0 bridgehead atoms. The van der Waals surface area contributed by atoms with Crippen LogP contribution in [0, 0.1) is 0 Å². The number of ether oxygens (including phenoxy) is 2. The molecule has 0 radical (unpaired) electrons. The predicted octanol–water partition coefficient (Wildman–Crippen LogP) is 6.41. The standard InChI is InChI=1S/C26H30O4/c1-3-5-6-10-13-25(27)30-23-18-24(29-4-2)26(28)21-15-14-20(17-22(21)23)16-19-11-8-7-9-12-19/h7-9,11-12,14-15,17-18,28H,3-6,10,13,16H2,1-2H3. The SMILES string of the molecule is CCCCCCC(=O)Oc1cc(OCC)c(O)c2ccc(Cc3ccccc3)cc12. The molecule has 0 heterocycles. The van der Waals surface area contributed by atoms with Gasteiger partial charge < -0.3 is 14.6 Å². The highest BCUT2D eigenvalue weighted by Crippen LogP contribution is 2.41. The minimum absolute atomic E-state index is 0.0702. The first-order valence-electron chi connectivity index (χ1n) is 10.8. The van der Waals surface area contributed by atoms with E-state index in [1.807, 2.05) is 43.3 Å². The van der Waals surface area contributed by atoms with Crippen LogP contribution in [-0.4, -0.2) is 17.7 Å². The van der Waals surface area contributed by atoms with Gasteiger partial charge in [0, 0.05) is 23.3 Å². The molecule has 0 spiro atoms. The molecule has 4 nitrogen and oxygen atoms in total. The zero-order valence-corrected chi connectivity index (χ0v) is 17.8. The van der Waals surface area contributed by atoms with Gasteiger partial charge in [0.05, 0.1) is 6.61 Å². The number of phenols is 1. The molecule has 0 saturated heterocycles. The molecule has 0 fully saturated rings. The van der Waals surface area contributed by atoms with Gasteiger partial charge in [-0.3, -0.25) is 4.79 Å². The Morgan fingerprint density at radius 2 is 1.67 bits per heavy atom. The number of hydrogen-bond acceptors (Lipinski definition) is 4. The second kappa shape index (κ2) is 10.7. The predicted molar refractivity (Wildman–Crippen MR) is 120 cm³/mol. The summed E-state index contributed by atoms with van der Waals surface area (Å²) in [6.45, 7) is 4.41. The average molecular weight is 407 g/mol. The molecule has 0 amide bonds. The smallest absolute Gasteiger partial charge is 0.311 e. The first-order valence-corrected chi connectivity index (χ1v) is 10.8. The summed E-state index contributed by atoms with van der Waals surface area (Å²) in [6, 6.07) is 17.6. The molecule has 0 saturated carbocycles. The minimum atomic E-state index is -0.256. The quantitative estimate of drug-likeness (QED) is 0.240. The molecule has 4 heteroatoms. The molecule has 0 atom stereocenters.